The lowest BCUT2D eigenvalue weighted by atomic mass is 9.98. The zero-order valence-corrected chi connectivity index (χ0v) is 21.6. The maximum Gasteiger partial charge on any atom is 0.293 e. The van der Waals surface area contributed by atoms with E-state index in [9.17, 15) is 14.9 Å². The highest BCUT2D eigenvalue weighted by molar-refractivity contribution is 6.37. The molecule has 0 aliphatic carbocycles. The van der Waals surface area contributed by atoms with Gasteiger partial charge in [-0.15, -0.1) is 0 Å². The number of nitro benzene ring substituents is 1. The van der Waals surface area contributed by atoms with Gasteiger partial charge in [0.05, 0.1) is 9.95 Å². The molecule has 10 heteroatoms. The van der Waals surface area contributed by atoms with Crippen molar-refractivity contribution >= 4 is 57.3 Å². The lowest BCUT2D eigenvalue weighted by Gasteiger charge is -2.31. The van der Waals surface area contributed by atoms with Gasteiger partial charge in [0.2, 0.25) is 0 Å². The number of nitro groups is 1. The first-order valence-electron chi connectivity index (χ1n) is 11.9. The largest absolute Gasteiger partial charge is 0.439 e. The Kier molecular flexibility index (Phi) is 7.04. The number of halogens is 2. The third-order valence-electron chi connectivity index (χ3n) is 6.58. The number of hydrogen-bond donors (Lipinski definition) is 1. The summed E-state index contributed by atoms with van der Waals surface area (Å²) in [4.78, 5) is 30.7. The Balaban J connectivity index is 1.27. The van der Waals surface area contributed by atoms with Gasteiger partial charge in [-0.2, -0.15) is 0 Å². The lowest BCUT2D eigenvalue weighted by Crippen LogP contribution is -2.33. The molecular weight excluding hydrogens is 515 g/mol. The number of hydrogen-bond acceptors (Lipinski definition) is 6. The molecule has 37 heavy (non-hydrogen) atoms. The molecule has 1 aromatic heterocycles. The minimum atomic E-state index is -0.424. The molecule has 1 fully saturated rings. The van der Waals surface area contributed by atoms with E-state index in [0.29, 0.717) is 50.7 Å². The van der Waals surface area contributed by atoms with E-state index in [1.165, 1.54) is 6.07 Å². The number of piperidine rings is 1. The number of oxazole rings is 1. The molecule has 1 N–H and O–H groups in total. The van der Waals surface area contributed by atoms with Crippen molar-refractivity contribution in [1.29, 1.82) is 0 Å². The van der Waals surface area contributed by atoms with Gasteiger partial charge in [-0.25, -0.2) is 4.98 Å². The minimum Gasteiger partial charge on any atom is -0.439 e. The summed E-state index contributed by atoms with van der Waals surface area (Å²) >= 11 is 12.2. The van der Waals surface area contributed by atoms with Crippen LogP contribution >= 0.6 is 23.2 Å². The molecule has 3 aromatic carbocycles. The van der Waals surface area contributed by atoms with Gasteiger partial charge < -0.3 is 14.6 Å². The van der Waals surface area contributed by atoms with Gasteiger partial charge in [-0.05, 0) is 60.7 Å². The van der Waals surface area contributed by atoms with E-state index in [-0.39, 0.29) is 11.3 Å². The first-order valence-corrected chi connectivity index (χ1v) is 12.7. The molecule has 4 aromatic rings. The van der Waals surface area contributed by atoms with Crippen molar-refractivity contribution in [3.05, 3.63) is 91.8 Å². The monoisotopic (exact) mass is 538 g/mol. The first kappa shape index (κ1) is 25.0. The van der Waals surface area contributed by atoms with Crippen LogP contribution in [-0.4, -0.2) is 28.9 Å². The standard InChI is InChI=1S/C27H24Cl2N4O4/c1-16-8-10-32(11-9-16)23-7-4-18(13-24(23)33(35)36)27(34)30-20-5-2-17(3-6-20)12-25-31-22-15-19(28)14-21(29)26(22)37-25/h2-7,13-16H,8-12H2,1H3,(H,30,34). The summed E-state index contributed by atoms with van der Waals surface area (Å²) in [5, 5.41) is 15.5. The van der Waals surface area contributed by atoms with Crippen molar-refractivity contribution in [3.8, 4) is 0 Å². The number of aromatic nitrogens is 1. The Hall–Kier alpha value is -3.62. The molecule has 5 rings (SSSR count). The minimum absolute atomic E-state index is 0.0581. The fourth-order valence-electron chi connectivity index (χ4n) is 4.49. The molecule has 190 valence electrons. The molecule has 0 bridgehead atoms. The summed E-state index contributed by atoms with van der Waals surface area (Å²) in [6.45, 7) is 3.72. The molecule has 0 unspecified atom stereocenters. The van der Waals surface area contributed by atoms with Crippen LogP contribution in [0.2, 0.25) is 10.0 Å². The number of benzene rings is 3. The lowest BCUT2D eigenvalue weighted by molar-refractivity contribution is -0.384. The fourth-order valence-corrected chi connectivity index (χ4v) is 5.01. The molecular formula is C27H24Cl2N4O4. The predicted molar refractivity (Wildman–Crippen MR) is 145 cm³/mol. The molecule has 0 spiro atoms. The average molecular weight is 539 g/mol. The number of amides is 1. The zero-order chi connectivity index (χ0) is 26.1. The number of carbonyl (C=O) groups is 1. The fraction of sp³-hybridized carbons (Fsp3) is 0.259. The molecule has 2 heterocycles. The molecule has 1 aliphatic heterocycles. The summed E-state index contributed by atoms with van der Waals surface area (Å²) in [6, 6.07) is 15.2. The second kappa shape index (κ2) is 10.4. The highest BCUT2D eigenvalue weighted by atomic mass is 35.5. The third-order valence-corrected chi connectivity index (χ3v) is 7.08. The predicted octanol–water partition coefficient (Wildman–Crippen LogP) is 7.12. The molecule has 8 nitrogen and oxygen atoms in total. The smallest absolute Gasteiger partial charge is 0.293 e. The maximum atomic E-state index is 12.9. The van der Waals surface area contributed by atoms with Crippen molar-refractivity contribution in [2.45, 2.75) is 26.2 Å². The van der Waals surface area contributed by atoms with Crippen molar-refractivity contribution in [1.82, 2.24) is 4.98 Å². The highest BCUT2D eigenvalue weighted by Gasteiger charge is 2.25. The van der Waals surface area contributed by atoms with Crippen LogP contribution in [0.5, 0.6) is 0 Å². The summed E-state index contributed by atoms with van der Waals surface area (Å²) < 4.78 is 5.77. The van der Waals surface area contributed by atoms with Crippen LogP contribution in [0.4, 0.5) is 17.1 Å². The Morgan fingerprint density at radius 2 is 1.86 bits per heavy atom. The number of rotatable bonds is 6. The average Bonchev–Trinajstić information content (AvgIpc) is 3.28. The van der Waals surface area contributed by atoms with E-state index in [1.54, 1.807) is 36.4 Å². The number of nitrogens with one attached hydrogen (secondary N) is 1. The molecule has 1 aliphatic rings. The van der Waals surface area contributed by atoms with Gasteiger partial charge in [0.1, 0.15) is 11.2 Å². The third kappa shape index (κ3) is 5.55. The quantitative estimate of drug-likeness (QED) is 0.207. The molecule has 1 saturated heterocycles. The van der Waals surface area contributed by atoms with Crippen LogP contribution in [-0.2, 0) is 6.42 Å². The maximum absolute atomic E-state index is 12.9. The SMILES string of the molecule is CC1CCN(c2ccc(C(=O)Nc3ccc(Cc4nc5cc(Cl)cc(Cl)c5o4)cc3)cc2[N+](=O)[O-])CC1. The van der Waals surface area contributed by atoms with E-state index in [4.69, 9.17) is 27.6 Å². The van der Waals surface area contributed by atoms with Gasteiger partial charge in [0.25, 0.3) is 11.6 Å². The van der Waals surface area contributed by atoms with Crippen LogP contribution in [0.15, 0.2) is 59.0 Å². The van der Waals surface area contributed by atoms with E-state index in [2.05, 4.69) is 17.2 Å². The molecule has 0 saturated carbocycles. The van der Waals surface area contributed by atoms with E-state index in [1.807, 2.05) is 17.0 Å². The molecule has 0 radical (unpaired) electrons. The van der Waals surface area contributed by atoms with E-state index >= 15 is 0 Å². The number of fused-ring (bicyclic) bond motifs is 1. The highest BCUT2D eigenvalue weighted by Crippen LogP contribution is 2.33. The van der Waals surface area contributed by atoms with Crippen LogP contribution in [0.25, 0.3) is 11.1 Å². The van der Waals surface area contributed by atoms with Gasteiger partial charge in [-0.3, -0.25) is 14.9 Å². The number of anilines is 2. The molecule has 0 atom stereocenters. The van der Waals surface area contributed by atoms with Crippen molar-refractivity contribution in [2.24, 2.45) is 5.92 Å². The normalized spacial score (nSPS) is 14.2. The topological polar surface area (TPSA) is 102 Å². The second-order valence-electron chi connectivity index (χ2n) is 9.30. The van der Waals surface area contributed by atoms with Gasteiger partial charge in [-0.1, -0.05) is 42.3 Å². The summed E-state index contributed by atoms with van der Waals surface area (Å²) in [7, 11) is 0. The van der Waals surface area contributed by atoms with Crippen LogP contribution in [0, 0.1) is 16.0 Å². The van der Waals surface area contributed by atoms with Gasteiger partial charge in [0.15, 0.2) is 11.5 Å². The summed E-state index contributed by atoms with van der Waals surface area (Å²) in [5.74, 6) is 0.686. The second-order valence-corrected chi connectivity index (χ2v) is 10.1. The van der Waals surface area contributed by atoms with Gasteiger partial charge in [0, 0.05) is 41.9 Å². The van der Waals surface area contributed by atoms with Crippen molar-refractivity contribution in [2.75, 3.05) is 23.3 Å². The van der Waals surface area contributed by atoms with Crippen LogP contribution in [0.1, 0.15) is 41.6 Å². The van der Waals surface area contributed by atoms with Crippen LogP contribution in [0.3, 0.4) is 0 Å². The van der Waals surface area contributed by atoms with Crippen LogP contribution < -0.4 is 10.2 Å². The Bertz CT molecular complexity index is 1480. The number of carbonyl (C=O) groups excluding carboxylic acids is 1. The van der Waals surface area contributed by atoms with E-state index in [0.717, 1.165) is 31.5 Å². The Morgan fingerprint density at radius 1 is 1.14 bits per heavy atom. The first-order chi connectivity index (χ1) is 17.8. The Morgan fingerprint density at radius 3 is 2.57 bits per heavy atom. The van der Waals surface area contributed by atoms with Gasteiger partial charge >= 0.3 is 0 Å². The van der Waals surface area contributed by atoms with Crippen molar-refractivity contribution < 1.29 is 14.1 Å². The summed E-state index contributed by atoms with van der Waals surface area (Å²) in [6.07, 6.45) is 2.41. The summed E-state index contributed by atoms with van der Waals surface area (Å²) in [5.41, 5.74) is 3.29. The number of nitrogens with zero attached hydrogens (tertiary/aromatic N) is 3. The zero-order valence-electron chi connectivity index (χ0n) is 20.0. The van der Waals surface area contributed by atoms with Crippen molar-refractivity contribution in [3.63, 3.8) is 0 Å². The van der Waals surface area contributed by atoms with E-state index < -0.39 is 10.8 Å². The molecule has 1 amide bonds. The Labute approximate surface area is 223 Å².